The predicted octanol–water partition coefficient (Wildman–Crippen LogP) is 1.13. The summed E-state index contributed by atoms with van der Waals surface area (Å²) in [5.41, 5.74) is 5.35. The molecule has 1 heterocycles. The number of sulfonamides is 1. The Bertz CT molecular complexity index is 583. The molecule has 0 bridgehead atoms. The molecule has 1 aliphatic rings. The lowest BCUT2D eigenvalue weighted by molar-refractivity contribution is 0.0537. The predicted molar refractivity (Wildman–Crippen MR) is 73.1 cm³/mol. The Labute approximate surface area is 118 Å². The van der Waals surface area contributed by atoms with Crippen molar-refractivity contribution in [3.8, 4) is 0 Å². The van der Waals surface area contributed by atoms with Crippen molar-refractivity contribution >= 4 is 10.0 Å². The molecule has 1 aromatic carbocycles. The van der Waals surface area contributed by atoms with Crippen LogP contribution in [-0.4, -0.2) is 27.2 Å². The van der Waals surface area contributed by atoms with Gasteiger partial charge in [0.05, 0.1) is 4.90 Å². The minimum atomic E-state index is -3.81. The maximum absolute atomic E-state index is 13.3. The van der Waals surface area contributed by atoms with Gasteiger partial charge in [-0.1, -0.05) is 6.07 Å². The van der Waals surface area contributed by atoms with E-state index < -0.39 is 21.4 Å². The third kappa shape index (κ3) is 3.35. The zero-order valence-electron chi connectivity index (χ0n) is 11.4. The van der Waals surface area contributed by atoms with Gasteiger partial charge in [-0.05, 0) is 37.5 Å². The van der Waals surface area contributed by atoms with Crippen LogP contribution in [0.1, 0.15) is 25.3 Å². The average molecular weight is 302 g/mol. The Kier molecular flexibility index (Phi) is 4.43. The molecule has 5 nitrogen and oxygen atoms in total. The zero-order valence-corrected chi connectivity index (χ0v) is 12.2. The number of rotatable bonds is 4. The van der Waals surface area contributed by atoms with E-state index in [1.165, 1.54) is 12.1 Å². The van der Waals surface area contributed by atoms with Crippen LogP contribution >= 0.6 is 0 Å². The van der Waals surface area contributed by atoms with E-state index in [0.717, 1.165) is 6.07 Å². The minimum absolute atomic E-state index is 0.0380. The van der Waals surface area contributed by atoms with Crippen LogP contribution in [-0.2, 0) is 21.3 Å². The van der Waals surface area contributed by atoms with E-state index in [-0.39, 0.29) is 11.4 Å². The Morgan fingerprint density at radius 2 is 2.05 bits per heavy atom. The fraction of sp³-hybridized carbons (Fsp3) is 0.538. The molecule has 112 valence electrons. The van der Waals surface area contributed by atoms with Crippen LogP contribution in [0.2, 0.25) is 0 Å². The molecule has 0 unspecified atom stereocenters. The average Bonchev–Trinajstić information content (AvgIpc) is 2.38. The van der Waals surface area contributed by atoms with Crippen LogP contribution in [0.3, 0.4) is 0 Å². The second-order valence-corrected chi connectivity index (χ2v) is 6.89. The van der Waals surface area contributed by atoms with Gasteiger partial charge in [-0.25, -0.2) is 17.5 Å². The van der Waals surface area contributed by atoms with Crippen molar-refractivity contribution in [1.82, 2.24) is 4.72 Å². The Balaban J connectivity index is 2.32. The van der Waals surface area contributed by atoms with Crippen LogP contribution in [0.4, 0.5) is 4.39 Å². The molecular formula is C13H19FN2O3S. The third-order valence-corrected chi connectivity index (χ3v) is 5.24. The molecule has 0 aliphatic carbocycles. The summed E-state index contributed by atoms with van der Waals surface area (Å²) in [7, 11) is -3.81. The van der Waals surface area contributed by atoms with E-state index in [1.54, 1.807) is 0 Å². The van der Waals surface area contributed by atoms with Crippen LogP contribution in [0.15, 0.2) is 23.1 Å². The van der Waals surface area contributed by atoms with Crippen LogP contribution in [0, 0.1) is 5.82 Å². The van der Waals surface area contributed by atoms with E-state index in [1.807, 2.05) is 6.92 Å². The highest BCUT2D eigenvalue weighted by Gasteiger charge is 2.33. The van der Waals surface area contributed by atoms with Crippen molar-refractivity contribution in [3.63, 3.8) is 0 Å². The van der Waals surface area contributed by atoms with Crippen LogP contribution in [0.25, 0.3) is 0 Å². The normalized spacial score (nSPS) is 18.9. The lowest BCUT2D eigenvalue weighted by Gasteiger charge is -2.34. The number of halogens is 1. The number of hydrogen-bond donors (Lipinski definition) is 2. The quantitative estimate of drug-likeness (QED) is 0.873. The van der Waals surface area contributed by atoms with Gasteiger partial charge in [0.2, 0.25) is 10.0 Å². The number of ether oxygens (including phenoxy) is 1. The van der Waals surface area contributed by atoms with E-state index in [4.69, 9.17) is 10.5 Å². The standard InChI is InChI=1S/C13H19FN2O3S/c1-13(4-6-19-7-5-13)16-20(17,18)12-8-11(14)3-2-10(12)9-15/h2-3,8,16H,4-7,9,15H2,1H3. The van der Waals surface area contributed by atoms with Gasteiger partial charge in [0.1, 0.15) is 5.82 Å². The summed E-state index contributed by atoms with van der Waals surface area (Å²) in [6, 6.07) is 3.61. The number of nitrogens with one attached hydrogen (secondary N) is 1. The summed E-state index contributed by atoms with van der Waals surface area (Å²) in [4.78, 5) is -0.0901. The molecule has 0 aromatic heterocycles. The molecule has 7 heteroatoms. The van der Waals surface area contributed by atoms with E-state index in [0.29, 0.717) is 31.6 Å². The van der Waals surface area contributed by atoms with Gasteiger partial charge in [-0.15, -0.1) is 0 Å². The summed E-state index contributed by atoms with van der Waals surface area (Å²) < 4.78 is 46.2. The summed E-state index contributed by atoms with van der Waals surface area (Å²) in [6.07, 6.45) is 1.17. The topological polar surface area (TPSA) is 81.4 Å². The van der Waals surface area contributed by atoms with Crippen LogP contribution < -0.4 is 10.5 Å². The maximum atomic E-state index is 13.3. The highest BCUT2D eigenvalue weighted by molar-refractivity contribution is 7.89. The zero-order chi connectivity index (χ0) is 14.8. The van der Waals surface area contributed by atoms with Crippen molar-refractivity contribution in [3.05, 3.63) is 29.6 Å². The molecular weight excluding hydrogens is 283 g/mol. The first kappa shape index (κ1) is 15.4. The molecule has 0 atom stereocenters. The first-order chi connectivity index (χ1) is 9.36. The SMILES string of the molecule is CC1(NS(=O)(=O)c2cc(F)ccc2CN)CCOCC1. The molecule has 0 spiro atoms. The van der Waals surface area contributed by atoms with Gasteiger partial charge in [-0.3, -0.25) is 0 Å². The summed E-state index contributed by atoms with van der Waals surface area (Å²) in [5.74, 6) is -0.597. The van der Waals surface area contributed by atoms with Gasteiger partial charge in [-0.2, -0.15) is 0 Å². The fourth-order valence-corrected chi connectivity index (χ4v) is 3.98. The summed E-state index contributed by atoms with van der Waals surface area (Å²) >= 11 is 0. The van der Waals surface area contributed by atoms with Gasteiger partial charge in [0, 0.05) is 25.3 Å². The molecule has 2 rings (SSSR count). The lowest BCUT2D eigenvalue weighted by Crippen LogP contribution is -2.49. The van der Waals surface area contributed by atoms with Gasteiger partial charge in [0.15, 0.2) is 0 Å². The smallest absolute Gasteiger partial charge is 0.241 e. The van der Waals surface area contributed by atoms with E-state index >= 15 is 0 Å². The monoisotopic (exact) mass is 302 g/mol. The first-order valence-electron chi connectivity index (χ1n) is 6.46. The van der Waals surface area contributed by atoms with E-state index in [9.17, 15) is 12.8 Å². The number of benzene rings is 1. The Hall–Kier alpha value is -1.02. The van der Waals surface area contributed by atoms with Crippen molar-refractivity contribution in [2.75, 3.05) is 13.2 Å². The van der Waals surface area contributed by atoms with Crippen molar-refractivity contribution in [2.24, 2.45) is 5.73 Å². The largest absolute Gasteiger partial charge is 0.381 e. The minimum Gasteiger partial charge on any atom is -0.381 e. The molecule has 0 amide bonds. The second kappa shape index (κ2) is 5.77. The van der Waals surface area contributed by atoms with Gasteiger partial charge in [0.25, 0.3) is 0 Å². The van der Waals surface area contributed by atoms with Gasteiger partial charge < -0.3 is 10.5 Å². The van der Waals surface area contributed by atoms with Crippen molar-refractivity contribution < 1.29 is 17.5 Å². The Morgan fingerprint density at radius 3 is 2.65 bits per heavy atom. The molecule has 0 radical (unpaired) electrons. The Morgan fingerprint density at radius 1 is 1.40 bits per heavy atom. The molecule has 1 saturated heterocycles. The molecule has 3 N–H and O–H groups in total. The molecule has 1 fully saturated rings. The highest BCUT2D eigenvalue weighted by Crippen LogP contribution is 2.24. The highest BCUT2D eigenvalue weighted by atomic mass is 32.2. The first-order valence-corrected chi connectivity index (χ1v) is 7.95. The summed E-state index contributed by atoms with van der Waals surface area (Å²) in [5, 5.41) is 0. The van der Waals surface area contributed by atoms with Crippen molar-refractivity contribution in [1.29, 1.82) is 0 Å². The third-order valence-electron chi connectivity index (χ3n) is 3.52. The van der Waals surface area contributed by atoms with Crippen molar-refractivity contribution in [2.45, 2.75) is 36.7 Å². The molecule has 1 aromatic rings. The van der Waals surface area contributed by atoms with E-state index in [2.05, 4.69) is 4.72 Å². The molecule has 20 heavy (non-hydrogen) atoms. The maximum Gasteiger partial charge on any atom is 0.241 e. The summed E-state index contributed by atoms with van der Waals surface area (Å²) in [6.45, 7) is 2.88. The fourth-order valence-electron chi connectivity index (χ4n) is 2.25. The molecule has 1 aliphatic heterocycles. The second-order valence-electron chi connectivity index (χ2n) is 5.23. The number of nitrogens with two attached hydrogens (primary N) is 1. The molecule has 0 saturated carbocycles. The van der Waals surface area contributed by atoms with Crippen LogP contribution in [0.5, 0.6) is 0 Å². The number of hydrogen-bond acceptors (Lipinski definition) is 4. The lowest BCUT2D eigenvalue weighted by atomic mass is 9.94. The van der Waals surface area contributed by atoms with Gasteiger partial charge >= 0.3 is 0 Å².